The lowest BCUT2D eigenvalue weighted by molar-refractivity contribution is -0.0713. The Hall–Kier alpha value is -4.91. The summed E-state index contributed by atoms with van der Waals surface area (Å²) >= 11 is 5.94. The third-order valence-corrected chi connectivity index (χ3v) is 8.29. The Balaban J connectivity index is 0.000000514. The van der Waals surface area contributed by atoms with E-state index in [1.165, 1.54) is 39.0 Å². The van der Waals surface area contributed by atoms with Crippen molar-refractivity contribution in [2.24, 2.45) is 0 Å². The highest BCUT2D eigenvalue weighted by atomic mass is 35.5. The van der Waals surface area contributed by atoms with E-state index in [2.05, 4.69) is 135 Å². The summed E-state index contributed by atoms with van der Waals surface area (Å²) in [6.45, 7) is 19.4. The van der Waals surface area contributed by atoms with Gasteiger partial charge in [-0.05, 0) is 117 Å². The number of nitrogens with one attached hydrogen (secondary N) is 1. The van der Waals surface area contributed by atoms with E-state index >= 15 is 0 Å². The summed E-state index contributed by atoms with van der Waals surface area (Å²) < 4.78 is 11.4. The van der Waals surface area contributed by atoms with Crippen LogP contribution in [0.3, 0.4) is 0 Å². The zero-order valence-electron chi connectivity index (χ0n) is 35.5. The van der Waals surface area contributed by atoms with Crippen LogP contribution in [0, 0.1) is 0 Å². The number of likely N-dealkylation sites (N-methyl/N-ethyl adjacent to an activating group) is 2. The van der Waals surface area contributed by atoms with Gasteiger partial charge in [0.1, 0.15) is 24.7 Å². The van der Waals surface area contributed by atoms with Gasteiger partial charge in [-0.1, -0.05) is 134 Å². The first kappa shape index (κ1) is 50.1. The van der Waals surface area contributed by atoms with Crippen molar-refractivity contribution in [2.75, 3.05) is 46.3 Å². The Morgan fingerprint density at radius 3 is 1.75 bits per heavy atom. The SMILES string of the molecule is C/C=C\C=C(/C)C/C(=C(\CC)c1ccccc1)c1ccc(OCCN(C)O)cc1.C=CC.C=CC.CNCCOc1ccc(/C=C(/CCCl)c2ccccc2)cc1. The Morgan fingerprint density at radius 1 is 0.754 bits per heavy atom. The summed E-state index contributed by atoms with van der Waals surface area (Å²) in [5, 5.41) is 13.4. The van der Waals surface area contributed by atoms with Crippen molar-refractivity contribution in [3.8, 4) is 11.5 Å². The molecule has 0 heterocycles. The topological polar surface area (TPSA) is 54.0 Å². The van der Waals surface area contributed by atoms with Gasteiger partial charge in [-0.25, -0.2) is 0 Å². The average Bonchev–Trinajstić information content (AvgIpc) is 3.22. The second-order valence-corrected chi connectivity index (χ2v) is 13.3. The predicted octanol–water partition coefficient (Wildman–Crippen LogP) is 13.5. The first-order chi connectivity index (χ1) is 27.7. The van der Waals surface area contributed by atoms with Crippen molar-refractivity contribution >= 4 is 34.4 Å². The van der Waals surface area contributed by atoms with Gasteiger partial charge in [0.2, 0.25) is 0 Å². The van der Waals surface area contributed by atoms with Crippen molar-refractivity contribution in [1.29, 1.82) is 0 Å². The molecular weight excluding hydrogens is 724 g/mol. The van der Waals surface area contributed by atoms with Crippen LogP contribution in [0.4, 0.5) is 0 Å². The first-order valence-electron chi connectivity index (χ1n) is 19.7. The number of allylic oxidation sites excluding steroid dienone is 9. The molecule has 0 aromatic heterocycles. The van der Waals surface area contributed by atoms with Crippen LogP contribution >= 0.6 is 11.6 Å². The first-order valence-corrected chi connectivity index (χ1v) is 20.3. The number of rotatable bonds is 18. The molecule has 0 saturated carbocycles. The molecule has 57 heavy (non-hydrogen) atoms. The van der Waals surface area contributed by atoms with Gasteiger partial charge in [0.15, 0.2) is 0 Å². The molecular formula is C51H67ClN2O3. The van der Waals surface area contributed by atoms with Gasteiger partial charge in [0, 0.05) is 19.5 Å². The second-order valence-electron chi connectivity index (χ2n) is 13.0. The van der Waals surface area contributed by atoms with Crippen molar-refractivity contribution in [1.82, 2.24) is 10.4 Å². The molecule has 306 valence electrons. The molecule has 0 atom stereocenters. The molecule has 0 aliphatic heterocycles. The maximum Gasteiger partial charge on any atom is 0.119 e. The third kappa shape index (κ3) is 21.8. The van der Waals surface area contributed by atoms with E-state index in [1.54, 1.807) is 19.2 Å². The van der Waals surface area contributed by atoms with Crippen molar-refractivity contribution < 1.29 is 14.7 Å². The van der Waals surface area contributed by atoms with Gasteiger partial charge in [-0.2, -0.15) is 5.06 Å². The third-order valence-electron chi connectivity index (χ3n) is 8.11. The van der Waals surface area contributed by atoms with Crippen molar-refractivity contribution in [3.63, 3.8) is 0 Å². The summed E-state index contributed by atoms with van der Waals surface area (Å²) in [4.78, 5) is 0. The van der Waals surface area contributed by atoms with Gasteiger partial charge in [0.05, 0.1) is 6.54 Å². The molecule has 0 radical (unpaired) electrons. The average molecular weight is 792 g/mol. The van der Waals surface area contributed by atoms with Gasteiger partial charge < -0.3 is 20.0 Å². The summed E-state index contributed by atoms with van der Waals surface area (Å²) in [5.41, 5.74) is 10.2. The largest absolute Gasteiger partial charge is 0.492 e. The second kappa shape index (κ2) is 32.2. The van der Waals surface area contributed by atoms with Crippen LogP contribution in [-0.2, 0) is 0 Å². The normalized spacial score (nSPS) is 11.5. The lowest BCUT2D eigenvalue weighted by Gasteiger charge is -2.17. The highest BCUT2D eigenvalue weighted by Gasteiger charge is 2.12. The van der Waals surface area contributed by atoms with E-state index in [9.17, 15) is 5.21 Å². The Morgan fingerprint density at radius 2 is 1.26 bits per heavy atom. The highest BCUT2D eigenvalue weighted by molar-refractivity contribution is 6.18. The van der Waals surface area contributed by atoms with E-state index in [4.69, 9.17) is 21.1 Å². The molecule has 2 N–H and O–H groups in total. The summed E-state index contributed by atoms with van der Waals surface area (Å²) in [6, 6.07) is 37.4. The maximum atomic E-state index is 9.23. The highest BCUT2D eigenvalue weighted by Crippen LogP contribution is 2.34. The molecule has 6 heteroatoms. The van der Waals surface area contributed by atoms with Crippen LogP contribution in [0.2, 0.25) is 0 Å². The molecule has 4 aromatic carbocycles. The zero-order chi connectivity index (χ0) is 42.1. The van der Waals surface area contributed by atoms with E-state index < -0.39 is 0 Å². The summed E-state index contributed by atoms with van der Waals surface area (Å²) in [6.07, 6.45) is 14.7. The fourth-order valence-electron chi connectivity index (χ4n) is 5.45. The van der Waals surface area contributed by atoms with Gasteiger partial charge in [-0.15, -0.1) is 24.8 Å². The number of hydroxylamine groups is 2. The predicted molar refractivity (Wildman–Crippen MR) is 250 cm³/mol. The molecule has 5 nitrogen and oxygen atoms in total. The molecule has 0 bridgehead atoms. The number of hydrogen-bond acceptors (Lipinski definition) is 5. The van der Waals surface area contributed by atoms with E-state index in [0.29, 0.717) is 25.6 Å². The number of hydrogen-bond donors (Lipinski definition) is 2. The van der Waals surface area contributed by atoms with Crippen molar-refractivity contribution in [2.45, 2.75) is 53.9 Å². The number of halogens is 1. The molecule has 0 aliphatic rings. The molecule has 0 unspecified atom stereocenters. The molecule has 0 aliphatic carbocycles. The van der Waals surface area contributed by atoms with Crippen LogP contribution in [0.25, 0.3) is 22.8 Å². The van der Waals surface area contributed by atoms with Gasteiger partial charge in [-0.3, -0.25) is 0 Å². The van der Waals surface area contributed by atoms with Crippen LogP contribution < -0.4 is 14.8 Å². The zero-order valence-corrected chi connectivity index (χ0v) is 36.3. The van der Waals surface area contributed by atoms with Crippen LogP contribution in [0.15, 0.2) is 158 Å². The Labute approximate surface area is 350 Å². The molecule has 4 rings (SSSR count). The quantitative estimate of drug-likeness (QED) is 0.0263. The minimum absolute atomic E-state index is 0.449. The van der Waals surface area contributed by atoms with E-state index in [0.717, 1.165) is 47.9 Å². The number of nitrogens with zero attached hydrogens (tertiary/aromatic N) is 1. The Kier molecular flexibility index (Phi) is 28.3. The van der Waals surface area contributed by atoms with Crippen molar-refractivity contribution in [3.05, 3.63) is 181 Å². The fourth-order valence-corrected chi connectivity index (χ4v) is 5.65. The standard InChI is InChI=1S/C26H33NO2.C19H22ClNO.2C3H6/c1-5-7-11-21(3)20-26(25(6-2)22-12-9-8-10-13-22)23-14-16-24(17-15-23)29-19-18-27(4)28;1-21-13-14-22-19-9-7-16(8-10-19)15-18(11-12-20)17-5-3-2-4-6-17;2*1-3-2/h5,7-17,28H,6,18-20H2,1-4H3;2-10,15,21H,11-14H2,1H3;2*3H,1H2,2H3/b7-5-,21-11+,26-25-;18-15-;;. The lowest BCUT2D eigenvalue weighted by Crippen LogP contribution is -2.20. The summed E-state index contributed by atoms with van der Waals surface area (Å²) in [7, 11) is 3.53. The monoisotopic (exact) mass is 790 g/mol. The molecule has 0 amide bonds. The van der Waals surface area contributed by atoms with Crippen LogP contribution in [0.5, 0.6) is 11.5 Å². The van der Waals surface area contributed by atoms with Gasteiger partial charge in [0.25, 0.3) is 0 Å². The molecule has 0 fully saturated rings. The number of benzene rings is 4. The molecule has 0 spiro atoms. The Bertz CT molecular complexity index is 1750. The van der Waals surface area contributed by atoms with Crippen LogP contribution in [0.1, 0.15) is 76.1 Å². The number of ether oxygens (including phenoxy) is 2. The van der Waals surface area contributed by atoms with Gasteiger partial charge >= 0.3 is 0 Å². The maximum absolute atomic E-state index is 9.23. The minimum Gasteiger partial charge on any atom is -0.492 e. The fraction of sp³-hybridized carbons (Fsp3) is 0.294. The smallest absolute Gasteiger partial charge is 0.119 e. The summed E-state index contributed by atoms with van der Waals surface area (Å²) in [5.74, 6) is 2.33. The lowest BCUT2D eigenvalue weighted by atomic mass is 9.89. The molecule has 0 saturated heterocycles. The van der Waals surface area contributed by atoms with Crippen LogP contribution in [-0.4, -0.2) is 56.5 Å². The molecule has 4 aromatic rings. The van der Waals surface area contributed by atoms with E-state index in [1.807, 2.05) is 58.2 Å². The minimum atomic E-state index is 0.449. The number of alkyl halides is 1. The van der Waals surface area contributed by atoms with E-state index in [-0.39, 0.29) is 0 Å².